The number of hydrogen-bond acceptors (Lipinski definition) is 4. The Balaban J connectivity index is 2.04. The number of imidazole rings is 1. The van der Waals surface area contributed by atoms with E-state index < -0.39 is 5.97 Å². The molecule has 0 bridgehead atoms. The normalized spacial score (nSPS) is 10.8. The summed E-state index contributed by atoms with van der Waals surface area (Å²) in [5.74, 6) is 0.911. The van der Waals surface area contributed by atoms with Gasteiger partial charge in [-0.2, -0.15) is 0 Å². The minimum Gasteiger partial charge on any atom is -0.480 e. The van der Waals surface area contributed by atoms with Crippen molar-refractivity contribution in [2.24, 2.45) is 0 Å². The third-order valence-corrected chi connectivity index (χ3v) is 2.86. The maximum absolute atomic E-state index is 10.4. The molecule has 0 amide bonds. The summed E-state index contributed by atoms with van der Waals surface area (Å²) in [6.45, 7) is 1.00. The van der Waals surface area contributed by atoms with E-state index in [1.54, 1.807) is 36.2 Å². The Morgan fingerprint density at radius 3 is 3.07 bits per heavy atom. The van der Waals surface area contributed by atoms with Crippen molar-refractivity contribution < 1.29 is 9.90 Å². The first-order valence-electron chi connectivity index (χ1n) is 4.62. The lowest BCUT2D eigenvalue weighted by Gasteiger charge is -2.12. The molecular weight excluding hydrogens is 214 g/mol. The fourth-order valence-corrected chi connectivity index (χ4v) is 1.96. The number of likely N-dealkylation sites (N-methyl/N-ethyl adjacent to an activating group) is 1. The second-order valence-corrected chi connectivity index (χ2v) is 4.32. The largest absolute Gasteiger partial charge is 0.480 e. The van der Waals surface area contributed by atoms with E-state index >= 15 is 0 Å². The molecule has 0 unspecified atom stereocenters. The van der Waals surface area contributed by atoms with Crippen LogP contribution < -0.4 is 0 Å². The molecular formula is C9H15N3O2S. The molecule has 0 atom stereocenters. The van der Waals surface area contributed by atoms with E-state index in [4.69, 9.17) is 5.11 Å². The zero-order chi connectivity index (χ0) is 11.1. The summed E-state index contributed by atoms with van der Waals surface area (Å²) in [4.78, 5) is 16.1. The van der Waals surface area contributed by atoms with Crippen LogP contribution in [0.2, 0.25) is 0 Å². The summed E-state index contributed by atoms with van der Waals surface area (Å²) < 4.78 is 2.00. The van der Waals surface area contributed by atoms with Gasteiger partial charge in [0.1, 0.15) is 0 Å². The number of thioether (sulfide) groups is 1. The molecule has 0 aliphatic heterocycles. The van der Waals surface area contributed by atoms with Crippen LogP contribution in [0.3, 0.4) is 0 Å². The van der Waals surface area contributed by atoms with Crippen molar-refractivity contribution >= 4 is 17.7 Å². The third-order valence-electron chi connectivity index (χ3n) is 1.77. The smallest absolute Gasteiger partial charge is 0.317 e. The zero-order valence-electron chi connectivity index (χ0n) is 8.67. The van der Waals surface area contributed by atoms with Crippen LogP contribution in [-0.4, -0.2) is 50.7 Å². The lowest BCUT2D eigenvalue weighted by atomic mass is 10.6. The number of hydrogen-bond donors (Lipinski definition) is 1. The first-order valence-corrected chi connectivity index (χ1v) is 5.78. The third kappa shape index (κ3) is 5.44. The standard InChI is InChI=1S/C9H15N3O2S/c1-11(6-9(13)14)8-15-5-4-12-3-2-10-7-12/h2-3,7H,4-6,8H2,1H3,(H,13,14). The Morgan fingerprint density at radius 2 is 2.47 bits per heavy atom. The molecule has 0 fully saturated rings. The van der Waals surface area contributed by atoms with Gasteiger partial charge in [-0.05, 0) is 7.05 Å². The van der Waals surface area contributed by atoms with Crippen molar-refractivity contribution in [3.05, 3.63) is 18.7 Å². The monoisotopic (exact) mass is 229 g/mol. The van der Waals surface area contributed by atoms with Crippen LogP contribution in [0.25, 0.3) is 0 Å². The highest BCUT2D eigenvalue weighted by molar-refractivity contribution is 7.99. The summed E-state index contributed by atoms with van der Waals surface area (Å²) in [6, 6.07) is 0. The van der Waals surface area contributed by atoms with Gasteiger partial charge in [-0.1, -0.05) is 0 Å². The molecule has 1 aromatic heterocycles. The first-order chi connectivity index (χ1) is 7.18. The van der Waals surface area contributed by atoms with Crippen LogP contribution in [0.4, 0.5) is 0 Å². The van der Waals surface area contributed by atoms with Crippen molar-refractivity contribution in [3.63, 3.8) is 0 Å². The van der Waals surface area contributed by atoms with Gasteiger partial charge in [0, 0.05) is 30.6 Å². The summed E-state index contributed by atoms with van der Waals surface area (Å²) in [5.41, 5.74) is 0. The number of nitrogens with zero attached hydrogens (tertiary/aromatic N) is 3. The van der Waals surface area contributed by atoms with E-state index in [1.165, 1.54) is 0 Å². The van der Waals surface area contributed by atoms with Gasteiger partial charge in [-0.3, -0.25) is 9.69 Å². The molecule has 84 valence electrons. The summed E-state index contributed by atoms with van der Waals surface area (Å²) in [7, 11) is 1.80. The van der Waals surface area contributed by atoms with Gasteiger partial charge in [0.15, 0.2) is 0 Å². The predicted molar refractivity (Wildman–Crippen MR) is 59.8 cm³/mol. The van der Waals surface area contributed by atoms with Crippen molar-refractivity contribution in [1.29, 1.82) is 0 Å². The molecule has 1 rings (SSSR count). The van der Waals surface area contributed by atoms with Crippen molar-refractivity contribution in [2.45, 2.75) is 6.54 Å². The maximum Gasteiger partial charge on any atom is 0.317 e. The SMILES string of the molecule is CN(CSCCn1ccnc1)CC(=O)O. The predicted octanol–water partition coefficient (Wildman–Crippen LogP) is 0.590. The van der Waals surface area contributed by atoms with Crippen molar-refractivity contribution in [3.8, 4) is 0 Å². The second kappa shape index (κ2) is 6.47. The fourth-order valence-electron chi connectivity index (χ4n) is 1.09. The number of aryl methyl sites for hydroxylation is 1. The Morgan fingerprint density at radius 1 is 1.67 bits per heavy atom. The number of carboxylic acid groups (broad SMARTS) is 1. The molecule has 6 heteroatoms. The number of rotatable bonds is 7. The van der Waals surface area contributed by atoms with Crippen LogP contribution in [-0.2, 0) is 11.3 Å². The highest BCUT2D eigenvalue weighted by Gasteiger charge is 2.03. The molecule has 1 heterocycles. The second-order valence-electron chi connectivity index (χ2n) is 3.25. The molecule has 1 aromatic rings. The van der Waals surface area contributed by atoms with Crippen LogP contribution in [0, 0.1) is 0 Å². The Hall–Kier alpha value is -1.01. The molecule has 5 nitrogen and oxygen atoms in total. The lowest BCUT2D eigenvalue weighted by molar-refractivity contribution is -0.137. The maximum atomic E-state index is 10.4. The van der Waals surface area contributed by atoms with E-state index in [-0.39, 0.29) is 6.54 Å². The summed E-state index contributed by atoms with van der Waals surface area (Å²) in [6.07, 6.45) is 5.45. The number of carboxylic acids is 1. The van der Waals surface area contributed by atoms with E-state index in [2.05, 4.69) is 4.98 Å². The van der Waals surface area contributed by atoms with E-state index in [9.17, 15) is 4.79 Å². The number of aromatic nitrogens is 2. The Bertz CT molecular complexity index is 290. The fraction of sp³-hybridized carbons (Fsp3) is 0.556. The first kappa shape index (κ1) is 12.1. The minimum atomic E-state index is -0.785. The molecule has 0 spiro atoms. The molecule has 0 saturated heterocycles. The number of aliphatic carboxylic acids is 1. The van der Waals surface area contributed by atoms with E-state index in [0.717, 1.165) is 18.2 Å². The molecule has 0 aromatic carbocycles. The highest BCUT2D eigenvalue weighted by Crippen LogP contribution is 2.03. The molecule has 15 heavy (non-hydrogen) atoms. The van der Waals surface area contributed by atoms with Gasteiger partial charge in [0.25, 0.3) is 0 Å². The van der Waals surface area contributed by atoms with Gasteiger partial charge in [-0.25, -0.2) is 4.98 Å². The van der Waals surface area contributed by atoms with Crippen LogP contribution in [0.5, 0.6) is 0 Å². The van der Waals surface area contributed by atoms with Crippen molar-refractivity contribution in [1.82, 2.24) is 14.5 Å². The van der Waals surface area contributed by atoms with Crippen LogP contribution in [0.15, 0.2) is 18.7 Å². The molecule has 1 N–H and O–H groups in total. The summed E-state index contributed by atoms with van der Waals surface area (Å²) >= 11 is 1.72. The minimum absolute atomic E-state index is 0.0953. The van der Waals surface area contributed by atoms with E-state index in [0.29, 0.717) is 0 Å². The van der Waals surface area contributed by atoms with Gasteiger partial charge < -0.3 is 9.67 Å². The Kier molecular flexibility index (Phi) is 5.20. The zero-order valence-corrected chi connectivity index (χ0v) is 9.48. The molecule has 0 aliphatic rings. The molecule has 0 radical (unpaired) electrons. The average Bonchev–Trinajstić information content (AvgIpc) is 2.63. The van der Waals surface area contributed by atoms with Gasteiger partial charge in [-0.15, -0.1) is 11.8 Å². The van der Waals surface area contributed by atoms with Crippen LogP contribution in [0.1, 0.15) is 0 Å². The van der Waals surface area contributed by atoms with Gasteiger partial charge in [0.2, 0.25) is 0 Å². The summed E-state index contributed by atoms with van der Waals surface area (Å²) in [5, 5.41) is 8.53. The number of carbonyl (C=O) groups is 1. The van der Waals surface area contributed by atoms with Crippen LogP contribution >= 0.6 is 11.8 Å². The Labute approximate surface area is 93.1 Å². The van der Waals surface area contributed by atoms with Gasteiger partial charge in [0.05, 0.1) is 12.9 Å². The highest BCUT2D eigenvalue weighted by atomic mass is 32.2. The quantitative estimate of drug-likeness (QED) is 0.548. The molecule has 0 aliphatic carbocycles. The van der Waals surface area contributed by atoms with Crippen molar-refractivity contribution in [2.75, 3.05) is 25.2 Å². The lowest BCUT2D eigenvalue weighted by Crippen LogP contribution is -2.25. The molecule has 0 saturated carbocycles. The average molecular weight is 229 g/mol. The van der Waals surface area contributed by atoms with Gasteiger partial charge >= 0.3 is 5.97 Å². The van der Waals surface area contributed by atoms with E-state index in [1.807, 2.05) is 10.8 Å². The topological polar surface area (TPSA) is 58.4 Å².